The number of likely N-dealkylation sites (N-methyl/N-ethyl adjacent to an activating group) is 2. The third-order valence-electron chi connectivity index (χ3n) is 5.23. The lowest BCUT2D eigenvalue weighted by Crippen LogP contribution is -2.35. The van der Waals surface area contributed by atoms with Crippen LogP contribution in [0.5, 0.6) is 0 Å². The van der Waals surface area contributed by atoms with E-state index in [1.807, 2.05) is 7.05 Å². The van der Waals surface area contributed by atoms with E-state index >= 15 is 0 Å². The minimum atomic E-state index is 0.0775. The molecule has 0 spiro atoms. The maximum Gasteiger partial charge on any atom is 0.227 e. The molecule has 3 rings (SSSR count). The van der Waals surface area contributed by atoms with Gasteiger partial charge in [0.25, 0.3) is 0 Å². The van der Waals surface area contributed by atoms with Gasteiger partial charge in [0.1, 0.15) is 0 Å². The summed E-state index contributed by atoms with van der Waals surface area (Å²) in [6.07, 6.45) is 1.61. The fourth-order valence-corrected chi connectivity index (χ4v) is 4.60. The summed E-state index contributed by atoms with van der Waals surface area (Å²) in [6, 6.07) is 4.88. The molecule has 3 heterocycles. The maximum atomic E-state index is 8.98. The monoisotopic (exact) mass is 386 g/mol. The van der Waals surface area contributed by atoms with Crippen molar-refractivity contribution in [2.75, 3.05) is 50.6 Å². The number of rotatable bonds is 5. The lowest BCUT2D eigenvalue weighted by atomic mass is 9.95. The van der Waals surface area contributed by atoms with Crippen LogP contribution in [-0.4, -0.2) is 61.7 Å². The smallest absolute Gasteiger partial charge is 0.227 e. The molecule has 1 saturated heterocycles. The average Bonchev–Trinajstić information content (AvgIpc) is 3.23. The van der Waals surface area contributed by atoms with E-state index in [0.29, 0.717) is 19.0 Å². The molecule has 0 saturated carbocycles. The summed E-state index contributed by atoms with van der Waals surface area (Å²) in [5, 5.41) is 8.98. The first-order chi connectivity index (χ1) is 12.7. The average molecular weight is 387 g/mol. The molecular formula is C20H30N6S. The third-order valence-corrected chi connectivity index (χ3v) is 6.78. The van der Waals surface area contributed by atoms with Crippen molar-refractivity contribution in [2.24, 2.45) is 0 Å². The van der Waals surface area contributed by atoms with E-state index in [4.69, 9.17) is 15.2 Å². The van der Waals surface area contributed by atoms with Crippen LogP contribution >= 0.6 is 11.3 Å². The van der Waals surface area contributed by atoms with Crippen molar-refractivity contribution in [3.8, 4) is 6.07 Å². The number of hydrogen-bond acceptors (Lipinski definition) is 7. The third kappa shape index (κ3) is 4.17. The Hall–Kier alpha value is -1.91. The molecule has 0 bridgehead atoms. The summed E-state index contributed by atoms with van der Waals surface area (Å²) in [7, 11) is 6.28. The van der Waals surface area contributed by atoms with Gasteiger partial charge < -0.3 is 14.7 Å². The first-order valence-electron chi connectivity index (χ1n) is 9.52. The minimum Gasteiger partial charge on any atom is -0.357 e. The van der Waals surface area contributed by atoms with Gasteiger partial charge in [0.05, 0.1) is 22.7 Å². The van der Waals surface area contributed by atoms with Crippen molar-refractivity contribution in [1.29, 1.82) is 5.26 Å². The molecule has 7 heteroatoms. The highest BCUT2D eigenvalue weighted by molar-refractivity contribution is 7.19. The molecule has 2 aromatic heterocycles. The zero-order valence-electron chi connectivity index (χ0n) is 17.3. The highest BCUT2D eigenvalue weighted by Gasteiger charge is 2.27. The number of likely N-dealkylation sites (tertiary alicyclic amines) is 1. The molecule has 1 aliphatic heterocycles. The van der Waals surface area contributed by atoms with E-state index in [1.165, 1.54) is 4.88 Å². The van der Waals surface area contributed by atoms with Crippen molar-refractivity contribution >= 4 is 33.3 Å². The van der Waals surface area contributed by atoms with Crippen LogP contribution in [0.2, 0.25) is 0 Å². The quantitative estimate of drug-likeness (QED) is 0.784. The van der Waals surface area contributed by atoms with Crippen molar-refractivity contribution < 1.29 is 0 Å². The van der Waals surface area contributed by atoms with Gasteiger partial charge in [0.2, 0.25) is 5.95 Å². The number of aromatic nitrogens is 2. The van der Waals surface area contributed by atoms with Crippen LogP contribution in [0.25, 0.3) is 10.2 Å². The van der Waals surface area contributed by atoms with Gasteiger partial charge in [-0.15, -0.1) is 11.3 Å². The number of fused-ring (bicyclic) bond motifs is 1. The number of nitrogens with zero attached hydrogens (tertiary/aromatic N) is 6. The Kier molecular flexibility index (Phi) is 5.59. The molecule has 0 aliphatic carbocycles. The Bertz CT molecular complexity index is 846. The van der Waals surface area contributed by atoms with E-state index in [-0.39, 0.29) is 5.41 Å². The summed E-state index contributed by atoms with van der Waals surface area (Å²) in [5.41, 5.74) is 1.08. The highest BCUT2D eigenvalue weighted by atomic mass is 32.1. The first-order valence-corrected chi connectivity index (χ1v) is 10.3. The Morgan fingerprint density at radius 3 is 2.67 bits per heavy atom. The van der Waals surface area contributed by atoms with E-state index in [0.717, 1.165) is 41.5 Å². The molecule has 27 heavy (non-hydrogen) atoms. The Morgan fingerprint density at radius 2 is 2.07 bits per heavy atom. The van der Waals surface area contributed by atoms with E-state index in [2.05, 4.69) is 61.7 Å². The molecule has 0 aromatic carbocycles. The summed E-state index contributed by atoms with van der Waals surface area (Å²) in [5.74, 6) is 1.71. The number of nitriles is 1. The molecule has 6 nitrogen and oxygen atoms in total. The molecule has 1 unspecified atom stereocenters. The van der Waals surface area contributed by atoms with Gasteiger partial charge in [-0.2, -0.15) is 10.2 Å². The fourth-order valence-electron chi connectivity index (χ4n) is 3.40. The Balaban J connectivity index is 2.05. The van der Waals surface area contributed by atoms with Gasteiger partial charge in [-0.25, -0.2) is 4.98 Å². The van der Waals surface area contributed by atoms with Gasteiger partial charge in [-0.05, 0) is 31.5 Å². The molecule has 1 aliphatic rings. The molecule has 0 N–H and O–H groups in total. The number of thiophene rings is 1. The lowest BCUT2D eigenvalue weighted by Gasteiger charge is -2.26. The SMILES string of the molecule is CN1CCC(N(C)c2nc(N(C)CCC#N)c3sc(C(C)(C)C)cc3n2)C1. The van der Waals surface area contributed by atoms with E-state index in [1.54, 1.807) is 11.3 Å². The summed E-state index contributed by atoms with van der Waals surface area (Å²) in [6.45, 7) is 9.50. The standard InChI is InChI=1S/C20H30N6S/c1-20(2,3)16-12-15-17(27-16)18(25(5)10-7-9-21)23-19(22-15)26(6)14-8-11-24(4)13-14/h12,14H,7-8,10-11,13H2,1-6H3. The van der Waals surface area contributed by atoms with Gasteiger partial charge in [0, 0.05) is 38.1 Å². The zero-order chi connectivity index (χ0) is 19.8. The van der Waals surface area contributed by atoms with Crippen molar-refractivity contribution in [2.45, 2.75) is 45.1 Å². The van der Waals surface area contributed by atoms with Gasteiger partial charge in [-0.3, -0.25) is 0 Å². The van der Waals surface area contributed by atoms with Crippen LogP contribution in [-0.2, 0) is 5.41 Å². The zero-order valence-corrected chi connectivity index (χ0v) is 18.1. The Morgan fingerprint density at radius 1 is 1.33 bits per heavy atom. The highest BCUT2D eigenvalue weighted by Crippen LogP contribution is 2.38. The van der Waals surface area contributed by atoms with E-state index < -0.39 is 0 Å². The molecule has 146 valence electrons. The van der Waals surface area contributed by atoms with Crippen molar-refractivity contribution in [1.82, 2.24) is 14.9 Å². The lowest BCUT2D eigenvalue weighted by molar-refractivity contribution is 0.409. The fraction of sp³-hybridized carbons (Fsp3) is 0.650. The predicted octanol–water partition coefficient (Wildman–Crippen LogP) is 3.48. The molecule has 1 fully saturated rings. The van der Waals surface area contributed by atoms with Crippen LogP contribution in [0.4, 0.5) is 11.8 Å². The van der Waals surface area contributed by atoms with Crippen LogP contribution in [0.15, 0.2) is 6.07 Å². The number of hydrogen-bond donors (Lipinski definition) is 0. The normalized spacial score (nSPS) is 18.0. The Labute approximate surface area is 166 Å². The largest absolute Gasteiger partial charge is 0.357 e. The molecule has 0 radical (unpaired) electrons. The van der Waals surface area contributed by atoms with Gasteiger partial charge >= 0.3 is 0 Å². The second-order valence-corrected chi connectivity index (χ2v) is 9.62. The second kappa shape index (κ2) is 7.61. The van der Waals surface area contributed by atoms with Gasteiger partial charge in [-0.1, -0.05) is 20.8 Å². The topological polar surface area (TPSA) is 59.3 Å². The number of anilines is 2. The molecular weight excluding hydrogens is 356 g/mol. The summed E-state index contributed by atoms with van der Waals surface area (Å²) in [4.78, 5) is 17.8. The maximum absolute atomic E-state index is 8.98. The second-order valence-electron chi connectivity index (χ2n) is 8.57. The minimum absolute atomic E-state index is 0.0775. The van der Waals surface area contributed by atoms with Crippen molar-refractivity contribution in [3.05, 3.63) is 10.9 Å². The van der Waals surface area contributed by atoms with Crippen LogP contribution < -0.4 is 9.80 Å². The van der Waals surface area contributed by atoms with Crippen LogP contribution in [0, 0.1) is 11.3 Å². The van der Waals surface area contributed by atoms with Crippen LogP contribution in [0.1, 0.15) is 38.5 Å². The van der Waals surface area contributed by atoms with Gasteiger partial charge in [0.15, 0.2) is 5.82 Å². The molecule has 0 amide bonds. The summed E-state index contributed by atoms with van der Waals surface area (Å²) >= 11 is 1.77. The first kappa shape index (κ1) is 19.8. The van der Waals surface area contributed by atoms with Crippen LogP contribution in [0.3, 0.4) is 0 Å². The predicted molar refractivity (Wildman–Crippen MR) is 114 cm³/mol. The molecule has 2 aromatic rings. The van der Waals surface area contributed by atoms with E-state index in [9.17, 15) is 0 Å². The molecule has 1 atom stereocenters. The summed E-state index contributed by atoms with van der Waals surface area (Å²) < 4.78 is 1.11. The van der Waals surface area contributed by atoms with Crippen molar-refractivity contribution in [3.63, 3.8) is 0 Å².